The van der Waals surface area contributed by atoms with Crippen molar-refractivity contribution in [3.05, 3.63) is 28.2 Å². The summed E-state index contributed by atoms with van der Waals surface area (Å²) in [6, 6.07) is 5.11. The molecule has 1 aliphatic carbocycles. The third-order valence-electron chi connectivity index (χ3n) is 2.93. The lowest BCUT2D eigenvalue weighted by Gasteiger charge is -2.11. The molecule has 4 heteroatoms. The second kappa shape index (κ2) is 4.64. The molecular formula is C12H13Cl2NO. The smallest absolute Gasteiger partial charge is 0.227 e. The summed E-state index contributed by atoms with van der Waals surface area (Å²) in [5, 5.41) is 3.80. The summed E-state index contributed by atoms with van der Waals surface area (Å²) in [5.41, 5.74) is 0.701. The molecule has 0 aliphatic heterocycles. The highest BCUT2D eigenvalue weighted by Crippen LogP contribution is 2.37. The van der Waals surface area contributed by atoms with Crippen molar-refractivity contribution in [3.63, 3.8) is 0 Å². The molecule has 1 amide bonds. The van der Waals surface area contributed by atoms with Crippen LogP contribution in [0.5, 0.6) is 0 Å². The Hall–Kier alpha value is -0.730. The molecule has 1 N–H and O–H groups in total. The zero-order valence-electron chi connectivity index (χ0n) is 8.97. The second-order valence-electron chi connectivity index (χ2n) is 4.24. The zero-order chi connectivity index (χ0) is 11.7. The number of carbonyl (C=O) groups excluding carboxylic acids is 1. The Kier molecular flexibility index (Phi) is 3.41. The summed E-state index contributed by atoms with van der Waals surface area (Å²) < 4.78 is 0. The highest BCUT2D eigenvalue weighted by molar-refractivity contribution is 6.42. The molecule has 1 aromatic carbocycles. The predicted molar refractivity (Wildman–Crippen MR) is 67.0 cm³/mol. The summed E-state index contributed by atoms with van der Waals surface area (Å²) in [7, 11) is 0. The molecule has 1 aliphatic rings. The van der Waals surface area contributed by atoms with Gasteiger partial charge in [-0.3, -0.25) is 4.79 Å². The average Bonchev–Trinajstić information content (AvgIpc) is 3.06. The summed E-state index contributed by atoms with van der Waals surface area (Å²) >= 11 is 11.7. The number of hydrogen-bond acceptors (Lipinski definition) is 1. The van der Waals surface area contributed by atoms with E-state index in [1.807, 2.05) is 6.92 Å². The van der Waals surface area contributed by atoms with Crippen molar-refractivity contribution >= 4 is 34.8 Å². The van der Waals surface area contributed by atoms with Crippen LogP contribution < -0.4 is 5.32 Å². The van der Waals surface area contributed by atoms with E-state index in [-0.39, 0.29) is 11.8 Å². The van der Waals surface area contributed by atoms with E-state index >= 15 is 0 Å². The van der Waals surface area contributed by atoms with E-state index in [0.717, 1.165) is 12.8 Å². The monoisotopic (exact) mass is 257 g/mol. The van der Waals surface area contributed by atoms with E-state index in [1.165, 1.54) is 0 Å². The second-order valence-corrected chi connectivity index (χ2v) is 5.06. The van der Waals surface area contributed by atoms with Crippen LogP contribution in [-0.2, 0) is 4.79 Å². The van der Waals surface area contributed by atoms with Crippen LogP contribution in [0.15, 0.2) is 18.2 Å². The van der Waals surface area contributed by atoms with E-state index in [0.29, 0.717) is 21.7 Å². The highest BCUT2D eigenvalue weighted by atomic mass is 35.5. The summed E-state index contributed by atoms with van der Waals surface area (Å²) in [5.74, 6) is 0.693. The first-order valence-electron chi connectivity index (χ1n) is 5.34. The molecule has 1 atom stereocenters. The van der Waals surface area contributed by atoms with Crippen LogP contribution in [0.1, 0.15) is 19.8 Å². The van der Waals surface area contributed by atoms with Crippen molar-refractivity contribution < 1.29 is 4.79 Å². The number of halogens is 2. The molecule has 16 heavy (non-hydrogen) atoms. The maximum Gasteiger partial charge on any atom is 0.227 e. The fourth-order valence-corrected chi connectivity index (χ4v) is 1.94. The Bertz CT molecular complexity index is 415. The van der Waals surface area contributed by atoms with Crippen LogP contribution >= 0.6 is 23.2 Å². The Morgan fingerprint density at radius 1 is 1.38 bits per heavy atom. The van der Waals surface area contributed by atoms with Gasteiger partial charge in [-0.25, -0.2) is 0 Å². The van der Waals surface area contributed by atoms with Crippen LogP contribution in [0.4, 0.5) is 5.69 Å². The molecule has 1 saturated carbocycles. The summed E-state index contributed by atoms with van der Waals surface area (Å²) in [4.78, 5) is 11.8. The van der Waals surface area contributed by atoms with Crippen molar-refractivity contribution in [2.75, 3.05) is 5.32 Å². The van der Waals surface area contributed by atoms with Gasteiger partial charge in [0.2, 0.25) is 5.91 Å². The maximum absolute atomic E-state index is 11.8. The normalized spacial score (nSPS) is 16.9. The lowest BCUT2D eigenvalue weighted by Crippen LogP contribution is -2.21. The molecular weight excluding hydrogens is 245 g/mol. The number of nitrogens with one attached hydrogen (secondary N) is 1. The van der Waals surface area contributed by atoms with Gasteiger partial charge in [0, 0.05) is 11.6 Å². The molecule has 0 radical (unpaired) electrons. The van der Waals surface area contributed by atoms with Gasteiger partial charge in [-0.05, 0) is 37.0 Å². The van der Waals surface area contributed by atoms with E-state index < -0.39 is 0 Å². The third kappa shape index (κ3) is 2.69. The lowest BCUT2D eigenvalue weighted by molar-refractivity contribution is -0.119. The zero-order valence-corrected chi connectivity index (χ0v) is 10.5. The Morgan fingerprint density at radius 2 is 2.06 bits per heavy atom. The van der Waals surface area contributed by atoms with E-state index in [4.69, 9.17) is 23.2 Å². The number of carbonyl (C=O) groups is 1. The number of hydrogen-bond donors (Lipinski definition) is 1. The number of rotatable bonds is 3. The Labute approximate surface area is 105 Å². The fourth-order valence-electron chi connectivity index (χ4n) is 1.64. The topological polar surface area (TPSA) is 29.1 Å². The SMILES string of the molecule is CC(C(=O)Nc1ccc(Cl)c(Cl)c1)C1CC1. The van der Waals surface area contributed by atoms with Crippen molar-refractivity contribution in [3.8, 4) is 0 Å². The first kappa shape index (κ1) is 11.7. The molecule has 1 unspecified atom stereocenters. The number of anilines is 1. The summed E-state index contributed by atoms with van der Waals surface area (Å²) in [6.07, 6.45) is 2.33. The molecule has 0 bridgehead atoms. The minimum absolute atomic E-state index is 0.0564. The van der Waals surface area contributed by atoms with Gasteiger partial charge in [0.15, 0.2) is 0 Å². The van der Waals surface area contributed by atoms with Crippen LogP contribution in [0.25, 0.3) is 0 Å². The molecule has 1 aromatic rings. The van der Waals surface area contributed by atoms with Crippen molar-refractivity contribution in [1.29, 1.82) is 0 Å². The molecule has 0 spiro atoms. The van der Waals surface area contributed by atoms with Gasteiger partial charge < -0.3 is 5.32 Å². The van der Waals surface area contributed by atoms with Gasteiger partial charge in [0.1, 0.15) is 0 Å². The van der Waals surface area contributed by atoms with Gasteiger partial charge in [0.25, 0.3) is 0 Å². The van der Waals surface area contributed by atoms with Gasteiger partial charge >= 0.3 is 0 Å². The van der Waals surface area contributed by atoms with Crippen LogP contribution in [0.3, 0.4) is 0 Å². The Morgan fingerprint density at radius 3 is 2.62 bits per heavy atom. The first-order chi connectivity index (χ1) is 7.58. The van der Waals surface area contributed by atoms with Crippen LogP contribution in [0.2, 0.25) is 10.0 Å². The lowest BCUT2D eigenvalue weighted by atomic mass is 10.1. The summed E-state index contributed by atoms with van der Waals surface area (Å²) in [6.45, 7) is 1.96. The van der Waals surface area contributed by atoms with E-state index in [2.05, 4.69) is 5.32 Å². The number of benzene rings is 1. The first-order valence-corrected chi connectivity index (χ1v) is 6.09. The molecule has 0 saturated heterocycles. The molecule has 0 heterocycles. The van der Waals surface area contributed by atoms with Gasteiger partial charge in [-0.15, -0.1) is 0 Å². The minimum Gasteiger partial charge on any atom is -0.326 e. The van der Waals surface area contributed by atoms with Gasteiger partial charge in [-0.2, -0.15) is 0 Å². The minimum atomic E-state index is 0.0564. The predicted octanol–water partition coefficient (Wildman–Crippen LogP) is 3.98. The van der Waals surface area contributed by atoms with Crippen LogP contribution in [-0.4, -0.2) is 5.91 Å². The third-order valence-corrected chi connectivity index (χ3v) is 3.67. The van der Waals surface area contributed by atoms with Crippen molar-refractivity contribution in [2.24, 2.45) is 11.8 Å². The van der Waals surface area contributed by atoms with Crippen molar-refractivity contribution in [2.45, 2.75) is 19.8 Å². The molecule has 86 valence electrons. The molecule has 2 nitrogen and oxygen atoms in total. The largest absolute Gasteiger partial charge is 0.326 e. The maximum atomic E-state index is 11.8. The van der Waals surface area contributed by atoms with Gasteiger partial charge in [0.05, 0.1) is 10.0 Å². The van der Waals surface area contributed by atoms with Crippen LogP contribution in [0, 0.1) is 11.8 Å². The molecule has 1 fully saturated rings. The van der Waals surface area contributed by atoms with E-state index in [9.17, 15) is 4.79 Å². The number of amides is 1. The standard InChI is InChI=1S/C12H13Cl2NO/c1-7(8-2-3-8)12(16)15-9-4-5-10(13)11(14)6-9/h4-8H,2-3H2,1H3,(H,15,16). The fraction of sp³-hybridized carbons (Fsp3) is 0.417. The van der Waals surface area contributed by atoms with E-state index in [1.54, 1.807) is 18.2 Å². The highest BCUT2D eigenvalue weighted by Gasteiger charge is 2.32. The average molecular weight is 258 g/mol. The Balaban J connectivity index is 2.02. The van der Waals surface area contributed by atoms with Gasteiger partial charge in [-0.1, -0.05) is 30.1 Å². The molecule has 0 aromatic heterocycles. The van der Waals surface area contributed by atoms with Crippen molar-refractivity contribution in [1.82, 2.24) is 0 Å². The molecule has 2 rings (SSSR count). The quantitative estimate of drug-likeness (QED) is 0.872.